The topological polar surface area (TPSA) is 61.4 Å². The summed E-state index contributed by atoms with van der Waals surface area (Å²) in [5, 5.41) is 5.78. The zero-order valence-corrected chi connectivity index (χ0v) is 13.7. The number of carbonyl (C=O) groups is 2. The summed E-state index contributed by atoms with van der Waals surface area (Å²) in [7, 11) is 1.59. The van der Waals surface area contributed by atoms with E-state index >= 15 is 0 Å². The molecule has 0 saturated carbocycles. The Balaban J connectivity index is 2.30. The van der Waals surface area contributed by atoms with E-state index in [1.54, 1.807) is 11.9 Å². The van der Waals surface area contributed by atoms with Crippen LogP contribution in [0.15, 0.2) is 18.2 Å². The van der Waals surface area contributed by atoms with Crippen LogP contribution in [0.5, 0.6) is 0 Å². The van der Waals surface area contributed by atoms with Gasteiger partial charge in [0.15, 0.2) is 0 Å². The molecule has 1 atom stereocenters. The maximum Gasteiger partial charge on any atom is 0.255 e. The van der Waals surface area contributed by atoms with E-state index in [1.165, 1.54) is 0 Å². The molecule has 20 heavy (non-hydrogen) atoms. The van der Waals surface area contributed by atoms with Gasteiger partial charge in [0.1, 0.15) is 6.04 Å². The first-order chi connectivity index (χ1) is 9.56. The number of likely N-dealkylation sites (N-methyl/N-ethyl adjacent to an activating group) is 1. The van der Waals surface area contributed by atoms with Gasteiger partial charge in [0.05, 0.1) is 5.56 Å². The number of piperazine rings is 1. The standard InChI is InChI=1S/C14H18IN3O2/c1-9-4-3-5-10(12(9)15)14(20)18-7-6-17-8-11(18)13(19)16-2/h3-5,11,17H,6-8H2,1-2H3,(H,16,19). The number of nitrogens with zero attached hydrogens (tertiary/aromatic N) is 1. The van der Waals surface area contributed by atoms with Crippen molar-refractivity contribution >= 4 is 34.4 Å². The first-order valence-electron chi connectivity index (χ1n) is 6.54. The summed E-state index contributed by atoms with van der Waals surface area (Å²) in [5.74, 6) is -0.207. The molecule has 1 aliphatic heterocycles. The molecule has 0 spiro atoms. The highest BCUT2D eigenvalue weighted by Gasteiger charge is 2.32. The van der Waals surface area contributed by atoms with Crippen molar-refractivity contribution in [2.45, 2.75) is 13.0 Å². The fraction of sp³-hybridized carbons (Fsp3) is 0.429. The smallest absolute Gasteiger partial charge is 0.255 e. The van der Waals surface area contributed by atoms with Gasteiger partial charge in [-0.25, -0.2) is 0 Å². The summed E-state index contributed by atoms with van der Waals surface area (Å²) in [6.45, 7) is 3.73. The molecule has 1 fully saturated rings. The first-order valence-corrected chi connectivity index (χ1v) is 7.62. The number of carbonyl (C=O) groups excluding carboxylic acids is 2. The largest absolute Gasteiger partial charge is 0.357 e. The van der Waals surface area contributed by atoms with E-state index in [1.807, 2.05) is 25.1 Å². The van der Waals surface area contributed by atoms with E-state index in [0.717, 1.165) is 9.13 Å². The maximum absolute atomic E-state index is 12.7. The Morgan fingerprint density at radius 1 is 1.45 bits per heavy atom. The Morgan fingerprint density at radius 2 is 2.20 bits per heavy atom. The second kappa shape index (κ2) is 6.53. The van der Waals surface area contributed by atoms with Crippen LogP contribution in [-0.4, -0.2) is 49.4 Å². The number of halogens is 1. The molecule has 2 N–H and O–H groups in total. The molecule has 1 heterocycles. The number of hydrogen-bond donors (Lipinski definition) is 2. The average molecular weight is 387 g/mol. The van der Waals surface area contributed by atoms with Gasteiger partial charge in [0.2, 0.25) is 5.91 Å². The highest BCUT2D eigenvalue weighted by Crippen LogP contribution is 2.20. The van der Waals surface area contributed by atoms with Gasteiger partial charge < -0.3 is 15.5 Å². The third kappa shape index (κ3) is 2.95. The molecule has 1 unspecified atom stereocenters. The van der Waals surface area contributed by atoms with Crippen LogP contribution >= 0.6 is 22.6 Å². The molecule has 1 aromatic rings. The number of amides is 2. The van der Waals surface area contributed by atoms with Gasteiger partial charge in [0.25, 0.3) is 5.91 Å². The third-order valence-corrected chi connectivity index (χ3v) is 4.91. The Bertz CT molecular complexity index is 533. The highest BCUT2D eigenvalue weighted by atomic mass is 127. The van der Waals surface area contributed by atoms with E-state index in [0.29, 0.717) is 25.2 Å². The molecule has 108 valence electrons. The maximum atomic E-state index is 12.7. The van der Waals surface area contributed by atoms with Gasteiger partial charge in [-0.1, -0.05) is 12.1 Å². The molecule has 2 amide bonds. The lowest BCUT2D eigenvalue weighted by Crippen LogP contribution is -2.59. The van der Waals surface area contributed by atoms with Gasteiger partial charge >= 0.3 is 0 Å². The summed E-state index contributed by atoms with van der Waals surface area (Å²) in [4.78, 5) is 26.3. The van der Waals surface area contributed by atoms with Crippen LogP contribution in [0, 0.1) is 10.5 Å². The fourth-order valence-electron chi connectivity index (χ4n) is 2.32. The zero-order chi connectivity index (χ0) is 14.7. The second-order valence-corrected chi connectivity index (χ2v) is 5.85. The number of nitrogens with one attached hydrogen (secondary N) is 2. The molecule has 1 aliphatic rings. The predicted molar refractivity (Wildman–Crippen MR) is 85.7 cm³/mol. The number of benzene rings is 1. The van der Waals surface area contributed by atoms with Crippen LogP contribution in [0.3, 0.4) is 0 Å². The fourth-order valence-corrected chi connectivity index (χ4v) is 2.91. The quantitative estimate of drug-likeness (QED) is 0.737. The summed E-state index contributed by atoms with van der Waals surface area (Å²) in [6, 6.07) is 5.23. The molecule has 2 rings (SSSR count). The minimum absolute atomic E-state index is 0.0757. The molecule has 0 aliphatic carbocycles. The lowest BCUT2D eigenvalue weighted by atomic mass is 10.1. The lowest BCUT2D eigenvalue weighted by Gasteiger charge is -2.35. The van der Waals surface area contributed by atoms with Crippen molar-refractivity contribution in [3.05, 3.63) is 32.9 Å². The predicted octanol–water partition coefficient (Wildman–Crippen LogP) is 0.760. The van der Waals surface area contributed by atoms with Crippen molar-refractivity contribution in [2.75, 3.05) is 26.7 Å². The molecular weight excluding hydrogens is 369 g/mol. The number of aryl methyl sites for hydroxylation is 1. The molecule has 5 nitrogen and oxygen atoms in total. The van der Waals surface area contributed by atoms with Gasteiger partial charge in [-0.05, 0) is 41.1 Å². The van der Waals surface area contributed by atoms with Gasteiger partial charge in [0, 0.05) is 30.3 Å². The van der Waals surface area contributed by atoms with Crippen molar-refractivity contribution in [1.29, 1.82) is 0 Å². The van der Waals surface area contributed by atoms with Crippen LogP contribution in [0.25, 0.3) is 0 Å². The summed E-state index contributed by atoms with van der Waals surface area (Å²) in [6.07, 6.45) is 0. The Morgan fingerprint density at radius 3 is 2.90 bits per heavy atom. The molecule has 1 aromatic carbocycles. The van der Waals surface area contributed by atoms with Crippen molar-refractivity contribution in [1.82, 2.24) is 15.5 Å². The lowest BCUT2D eigenvalue weighted by molar-refractivity contribution is -0.125. The Labute approximate surface area is 132 Å². The Kier molecular flexibility index (Phi) is 4.98. The van der Waals surface area contributed by atoms with E-state index in [-0.39, 0.29) is 11.8 Å². The van der Waals surface area contributed by atoms with Crippen LogP contribution in [-0.2, 0) is 4.79 Å². The third-order valence-electron chi connectivity index (χ3n) is 3.48. The molecule has 0 radical (unpaired) electrons. The first kappa shape index (κ1) is 15.2. The molecule has 0 bridgehead atoms. The summed E-state index contributed by atoms with van der Waals surface area (Å²) < 4.78 is 0.948. The van der Waals surface area contributed by atoms with Crippen LogP contribution < -0.4 is 10.6 Å². The summed E-state index contributed by atoms with van der Waals surface area (Å²) >= 11 is 2.19. The normalized spacial score (nSPS) is 18.8. The van der Waals surface area contributed by atoms with Crippen molar-refractivity contribution in [3.8, 4) is 0 Å². The van der Waals surface area contributed by atoms with E-state index < -0.39 is 6.04 Å². The zero-order valence-electron chi connectivity index (χ0n) is 11.6. The number of hydrogen-bond acceptors (Lipinski definition) is 3. The second-order valence-electron chi connectivity index (χ2n) is 4.77. The minimum Gasteiger partial charge on any atom is -0.357 e. The van der Waals surface area contributed by atoms with Gasteiger partial charge in [-0.15, -0.1) is 0 Å². The minimum atomic E-state index is -0.447. The van der Waals surface area contributed by atoms with Crippen molar-refractivity contribution < 1.29 is 9.59 Å². The monoisotopic (exact) mass is 387 g/mol. The van der Waals surface area contributed by atoms with Crippen molar-refractivity contribution in [3.63, 3.8) is 0 Å². The van der Waals surface area contributed by atoms with Gasteiger partial charge in [-0.2, -0.15) is 0 Å². The van der Waals surface area contributed by atoms with Crippen LogP contribution in [0.4, 0.5) is 0 Å². The number of rotatable bonds is 2. The van der Waals surface area contributed by atoms with E-state index in [9.17, 15) is 9.59 Å². The summed E-state index contributed by atoms with van der Waals surface area (Å²) in [5.41, 5.74) is 1.74. The molecule has 0 aromatic heterocycles. The molecule has 1 saturated heterocycles. The van der Waals surface area contributed by atoms with Gasteiger partial charge in [-0.3, -0.25) is 9.59 Å². The van der Waals surface area contributed by atoms with E-state index in [2.05, 4.69) is 33.2 Å². The Hall–Kier alpha value is -1.15. The van der Waals surface area contributed by atoms with Crippen molar-refractivity contribution in [2.24, 2.45) is 0 Å². The average Bonchev–Trinajstić information content (AvgIpc) is 2.48. The van der Waals surface area contributed by atoms with Crippen LogP contribution in [0.2, 0.25) is 0 Å². The van der Waals surface area contributed by atoms with Crippen LogP contribution in [0.1, 0.15) is 15.9 Å². The molecular formula is C14H18IN3O2. The SMILES string of the molecule is CNC(=O)C1CNCCN1C(=O)c1cccc(C)c1I. The highest BCUT2D eigenvalue weighted by molar-refractivity contribution is 14.1. The van der Waals surface area contributed by atoms with E-state index in [4.69, 9.17) is 0 Å². The molecule has 6 heteroatoms.